The first-order valence-corrected chi connectivity index (χ1v) is 7.78. The lowest BCUT2D eigenvalue weighted by atomic mass is 10.0. The number of halogens is 1. The van der Waals surface area contributed by atoms with Gasteiger partial charge in [0, 0.05) is 0 Å². The summed E-state index contributed by atoms with van der Waals surface area (Å²) in [7, 11) is 0. The molecule has 0 spiro atoms. The molecule has 0 atom stereocenters. The van der Waals surface area contributed by atoms with E-state index in [1.807, 2.05) is 0 Å². The number of benzene rings is 2. The number of nitriles is 1. The van der Waals surface area contributed by atoms with Gasteiger partial charge in [-0.15, -0.1) is 0 Å². The summed E-state index contributed by atoms with van der Waals surface area (Å²) >= 11 is 0. The second kappa shape index (κ2) is 8.65. The smallest absolute Gasteiger partial charge is 0.344 e. The first-order chi connectivity index (χ1) is 12.0. The molecule has 0 radical (unpaired) electrons. The van der Waals surface area contributed by atoms with Crippen LogP contribution in [-0.4, -0.2) is 18.7 Å². The van der Waals surface area contributed by atoms with E-state index in [0.29, 0.717) is 16.9 Å². The summed E-state index contributed by atoms with van der Waals surface area (Å²) < 4.78 is 23.3. The average Bonchev–Trinajstić information content (AvgIpc) is 2.59. The normalized spacial score (nSPS) is 11.1. The molecule has 0 saturated carbocycles. The molecule has 0 aromatic heterocycles. The van der Waals surface area contributed by atoms with E-state index < -0.39 is 5.97 Å². The molecule has 0 aliphatic carbocycles. The van der Waals surface area contributed by atoms with Gasteiger partial charge in [-0.1, -0.05) is 24.3 Å². The van der Waals surface area contributed by atoms with Crippen molar-refractivity contribution >= 4 is 17.6 Å². The number of nitrogens with zero attached hydrogens (tertiary/aromatic N) is 1. The topological polar surface area (TPSA) is 59.3 Å². The Morgan fingerprint density at radius 3 is 2.36 bits per heavy atom. The fourth-order valence-electron chi connectivity index (χ4n) is 2.08. The molecule has 128 valence electrons. The maximum absolute atomic E-state index is 13.0. The zero-order chi connectivity index (χ0) is 18.2. The molecule has 2 aromatic rings. The average molecular weight is 339 g/mol. The van der Waals surface area contributed by atoms with Crippen molar-refractivity contribution in [1.29, 1.82) is 5.26 Å². The molecule has 2 aromatic carbocycles. The number of rotatable bonds is 6. The lowest BCUT2D eigenvalue weighted by Crippen LogP contribution is -2.18. The highest BCUT2D eigenvalue weighted by Crippen LogP contribution is 2.20. The largest absolute Gasteiger partial charge is 0.482 e. The van der Waals surface area contributed by atoms with Crippen molar-refractivity contribution in [3.05, 3.63) is 65.5 Å². The molecule has 5 heteroatoms. The van der Waals surface area contributed by atoms with Crippen LogP contribution in [0.4, 0.5) is 4.39 Å². The zero-order valence-corrected chi connectivity index (χ0v) is 14.0. The van der Waals surface area contributed by atoms with Gasteiger partial charge in [-0.25, -0.2) is 9.18 Å². The molecular weight excluding hydrogens is 321 g/mol. The van der Waals surface area contributed by atoms with E-state index in [9.17, 15) is 14.4 Å². The minimum Gasteiger partial charge on any atom is -0.482 e. The summed E-state index contributed by atoms with van der Waals surface area (Å²) in [6.45, 7) is 3.38. The Kier molecular flexibility index (Phi) is 6.30. The molecule has 0 amide bonds. The third kappa shape index (κ3) is 5.78. The molecule has 0 fully saturated rings. The summed E-state index contributed by atoms with van der Waals surface area (Å²) in [5.74, 6) is -0.251. The number of allylic oxidation sites excluding steroid dienone is 1. The second-order valence-electron chi connectivity index (χ2n) is 5.57. The van der Waals surface area contributed by atoms with Crippen LogP contribution in [0.1, 0.15) is 25.0 Å². The molecule has 4 nitrogen and oxygen atoms in total. The van der Waals surface area contributed by atoms with E-state index in [4.69, 9.17) is 9.47 Å². The van der Waals surface area contributed by atoms with E-state index >= 15 is 0 Å². The summed E-state index contributed by atoms with van der Waals surface area (Å²) in [5, 5.41) is 9.29. The highest BCUT2D eigenvalue weighted by Gasteiger charge is 2.06. The van der Waals surface area contributed by atoms with Gasteiger partial charge in [-0.3, -0.25) is 0 Å². The van der Waals surface area contributed by atoms with Gasteiger partial charge in [0.2, 0.25) is 0 Å². The summed E-state index contributed by atoms with van der Waals surface area (Å²) in [5.41, 5.74) is 1.85. The summed E-state index contributed by atoms with van der Waals surface area (Å²) in [6, 6.07) is 14.8. The first kappa shape index (κ1) is 18.2. The van der Waals surface area contributed by atoms with Crippen molar-refractivity contribution in [1.82, 2.24) is 0 Å². The molecule has 0 bridgehead atoms. The number of carbonyl (C=O) groups is 1. The van der Waals surface area contributed by atoms with Crippen LogP contribution in [-0.2, 0) is 9.53 Å². The van der Waals surface area contributed by atoms with Crippen LogP contribution in [0.5, 0.6) is 5.75 Å². The Labute approximate surface area is 146 Å². The first-order valence-electron chi connectivity index (χ1n) is 7.78. The van der Waals surface area contributed by atoms with Crippen LogP contribution in [0.15, 0.2) is 48.5 Å². The van der Waals surface area contributed by atoms with Crippen LogP contribution in [0, 0.1) is 17.1 Å². The van der Waals surface area contributed by atoms with Crippen molar-refractivity contribution < 1.29 is 18.7 Å². The fourth-order valence-corrected chi connectivity index (χ4v) is 2.08. The van der Waals surface area contributed by atoms with Gasteiger partial charge in [0.15, 0.2) is 6.61 Å². The molecule has 0 N–H and O–H groups in total. The Morgan fingerprint density at radius 2 is 1.80 bits per heavy atom. The monoisotopic (exact) mass is 339 g/mol. The van der Waals surface area contributed by atoms with Gasteiger partial charge in [-0.05, 0) is 55.3 Å². The number of hydrogen-bond donors (Lipinski definition) is 0. The third-order valence-corrected chi connectivity index (χ3v) is 3.19. The standard InChI is InChI=1S/C20H18FNO3/c1-14(2)25-20(23)13-24-19-9-3-15(4-10-19)11-17(12-22)16-5-7-18(21)8-6-16/h3-11,14H,13H2,1-2H3/b17-11-. The zero-order valence-electron chi connectivity index (χ0n) is 14.0. The lowest BCUT2D eigenvalue weighted by Gasteiger charge is -2.09. The van der Waals surface area contributed by atoms with Crippen molar-refractivity contribution in [2.24, 2.45) is 0 Å². The molecule has 0 aliphatic rings. The SMILES string of the molecule is CC(C)OC(=O)COc1ccc(/C=C(/C#N)c2ccc(F)cc2)cc1. The van der Waals surface area contributed by atoms with Crippen molar-refractivity contribution in [2.75, 3.05) is 6.61 Å². The minimum absolute atomic E-state index is 0.160. The van der Waals surface area contributed by atoms with Gasteiger partial charge in [-0.2, -0.15) is 5.26 Å². The van der Waals surface area contributed by atoms with Crippen molar-refractivity contribution in [3.8, 4) is 11.8 Å². The van der Waals surface area contributed by atoms with E-state index in [-0.39, 0.29) is 18.5 Å². The minimum atomic E-state index is -0.429. The van der Waals surface area contributed by atoms with E-state index in [0.717, 1.165) is 5.56 Å². The number of ether oxygens (including phenoxy) is 2. The summed E-state index contributed by atoms with van der Waals surface area (Å²) in [6.07, 6.45) is 1.52. The lowest BCUT2D eigenvalue weighted by molar-refractivity contribution is -0.149. The van der Waals surface area contributed by atoms with Crippen LogP contribution in [0.3, 0.4) is 0 Å². The van der Waals surface area contributed by atoms with E-state index in [2.05, 4.69) is 6.07 Å². The highest BCUT2D eigenvalue weighted by molar-refractivity contribution is 5.89. The Morgan fingerprint density at radius 1 is 1.16 bits per heavy atom. The number of esters is 1. The maximum Gasteiger partial charge on any atom is 0.344 e. The molecule has 0 saturated heterocycles. The molecular formula is C20H18FNO3. The molecule has 0 unspecified atom stereocenters. The van der Waals surface area contributed by atoms with Crippen molar-refractivity contribution in [3.63, 3.8) is 0 Å². The van der Waals surface area contributed by atoms with Gasteiger partial charge < -0.3 is 9.47 Å². The molecule has 2 rings (SSSR count). The fraction of sp³-hybridized carbons (Fsp3) is 0.200. The van der Waals surface area contributed by atoms with Crippen LogP contribution in [0.25, 0.3) is 11.6 Å². The summed E-state index contributed by atoms with van der Waals surface area (Å²) in [4.78, 5) is 11.4. The van der Waals surface area contributed by atoms with E-state index in [1.165, 1.54) is 12.1 Å². The van der Waals surface area contributed by atoms with Gasteiger partial charge in [0.1, 0.15) is 11.6 Å². The predicted molar refractivity (Wildman–Crippen MR) is 93.0 cm³/mol. The van der Waals surface area contributed by atoms with Gasteiger partial charge in [0.05, 0.1) is 17.7 Å². The second-order valence-corrected chi connectivity index (χ2v) is 5.57. The number of hydrogen-bond acceptors (Lipinski definition) is 4. The van der Waals surface area contributed by atoms with E-state index in [1.54, 1.807) is 56.3 Å². The van der Waals surface area contributed by atoms with Crippen LogP contribution < -0.4 is 4.74 Å². The maximum atomic E-state index is 13.0. The van der Waals surface area contributed by atoms with Crippen molar-refractivity contribution in [2.45, 2.75) is 20.0 Å². The van der Waals surface area contributed by atoms with Crippen LogP contribution >= 0.6 is 0 Å². The number of carbonyl (C=O) groups excluding carboxylic acids is 1. The third-order valence-electron chi connectivity index (χ3n) is 3.19. The molecule has 0 aliphatic heterocycles. The Bertz CT molecular complexity index is 787. The predicted octanol–water partition coefficient (Wildman–Crippen LogP) is 4.22. The van der Waals surface area contributed by atoms with Gasteiger partial charge >= 0.3 is 5.97 Å². The highest BCUT2D eigenvalue weighted by atomic mass is 19.1. The molecule has 25 heavy (non-hydrogen) atoms. The Hall–Kier alpha value is -3.13. The quantitative estimate of drug-likeness (QED) is 0.449. The molecule has 0 heterocycles. The van der Waals surface area contributed by atoms with Gasteiger partial charge in [0.25, 0.3) is 0 Å². The Balaban J connectivity index is 2.04. The van der Waals surface area contributed by atoms with Crippen LogP contribution in [0.2, 0.25) is 0 Å².